The normalized spacial score (nSPS) is 26.2. The summed E-state index contributed by atoms with van der Waals surface area (Å²) < 4.78 is 0. The molecule has 116 valence electrons. The minimum atomic E-state index is -0.757. The molecule has 20 heavy (non-hydrogen) atoms. The Kier molecular flexibility index (Phi) is 8.45. The van der Waals surface area contributed by atoms with Crippen molar-refractivity contribution in [1.82, 2.24) is 5.32 Å². The van der Waals surface area contributed by atoms with Crippen molar-refractivity contribution in [1.29, 1.82) is 0 Å². The van der Waals surface area contributed by atoms with Crippen LogP contribution in [0.2, 0.25) is 0 Å². The SMILES string of the molecule is CC1CC(C)CC(C(=O)NCCSSCCC(=O)O)C1. The van der Waals surface area contributed by atoms with Crippen LogP contribution in [-0.4, -0.2) is 35.0 Å². The second kappa shape index (κ2) is 9.55. The Hall–Kier alpha value is -0.360. The first-order chi connectivity index (χ1) is 9.49. The van der Waals surface area contributed by atoms with Crippen LogP contribution >= 0.6 is 21.6 Å². The zero-order valence-electron chi connectivity index (χ0n) is 12.3. The molecule has 1 aliphatic carbocycles. The first-order valence-electron chi connectivity index (χ1n) is 7.23. The molecule has 0 radical (unpaired) electrons. The molecule has 1 amide bonds. The van der Waals surface area contributed by atoms with Crippen LogP contribution in [0.5, 0.6) is 0 Å². The van der Waals surface area contributed by atoms with Crippen molar-refractivity contribution >= 4 is 33.5 Å². The van der Waals surface area contributed by atoms with Crippen molar-refractivity contribution in [3.63, 3.8) is 0 Å². The molecule has 1 rings (SSSR count). The highest BCUT2D eigenvalue weighted by atomic mass is 33.1. The number of carboxylic acids is 1. The molecule has 0 aliphatic heterocycles. The summed E-state index contributed by atoms with van der Waals surface area (Å²) in [5.41, 5.74) is 0. The van der Waals surface area contributed by atoms with E-state index in [1.807, 2.05) is 0 Å². The number of carbonyl (C=O) groups excluding carboxylic acids is 1. The molecule has 1 aliphatic rings. The summed E-state index contributed by atoms with van der Waals surface area (Å²) in [5, 5.41) is 11.5. The Balaban J connectivity index is 2.06. The fourth-order valence-corrected chi connectivity index (χ4v) is 4.65. The second-order valence-electron chi connectivity index (χ2n) is 5.69. The van der Waals surface area contributed by atoms with Crippen molar-refractivity contribution in [2.75, 3.05) is 18.1 Å². The van der Waals surface area contributed by atoms with Gasteiger partial charge in [-0.25, -0.2) is 0 Å². The number of carbonyl (C=O) groups is 2. The van der Waals surface area contributed by atoms with E-state index in [-0.39, 0.29) is 18.2 Å². The van der Waals surface area contributed by atoms with Gasteiger partial charge in [0.2, 0.25) is 5.91 Å². The van der Waals surface area contributed by atoms with Crippen LogP contribution in [0.15, 0.2) is 0 Å². The number of aliphatic carboxylic acids is 1. The largest absolute Gasteiger partial charge is 0.481 e. The Bertz CT molecular complexity index is 316. The van der Waals surface area contributed by atoms with Crippen LogP contribution in [0.25, 0.3) is 0 Å². The van der Waals surface area contributed by atoms with E-state index < -0.39 is 5.97 Å². The van der Waals surface area contributed by atoms with Crippen LogP contribution < -0.4 is 5.32 Å². The Morgan fingerprint density at radius 2 is 1.70 bits per heavy atom. The molecule has 2 atom stereocenters. The highest BCUT2D eigenvalue weighted by molar-refractivity contribution is 8.76. The van der Waals surface area contributed by atoms with Gasteiger partial charge in [-0.05, 0) is 31.1 Å². The lowest BCUT2D eigenvalue weighted by Gasteiger charge is -2.30. The lowest BCUT2D eigenvalue weighted by Crippen LogP contribution is -2.36. The smallest absolute Gasteiger partial charge is 0.304 e. The van der Waals surface area contributed by atoms with E-state index in [0.717, 1.165) is 18.6 Å². The maximum absolute atomic E-state index is 12.1. The first-order valence-corrected chi connectivity index (χ1v) is 9.71. The van der Waals surface area contributed by atoms with Crippen molar-refractivity contribution in [3.8, 4) is 0 Å². The van der Waals surface area contributed by atoms with Gasteiger partial charge in [0, 0.05) is 24.0 Å². The van der Waals surface area contributed by atoms with Crippen LogP contribution in [-0.2, 0) is 9.59 Å². The molecule has 4 nitrogen and oxygen atoms in total. The average molecular weight is 319 g/mol. The van der Waals surface area contributed by atoms with Crippen molar-refractivity contribution in [3.05, 3.63) is 0 Å². The fourth-order valence-electron chi connectivity index (χ4n) is 2.77. The number of carboxylic acid groups (broad SMARTS) is 1. The molecular formula is C14H25NO3S2. The van der Waals surface area contributed by atoms with Crippen molar-refractivity contribution in [2.24, 2.45) is 17.8 Å². The standard InChI is InChI=1S/C14H25NO3S2/c1-10-7-11(2)9-12(8-10)14(18)15-4-6-20-19-5-3-13(16)17/h10-12H,3-9H2,1-2H3,(H,15,18)(H,16,17). The third-order valence-corrected chi connectivity index (χ3v) is 5.92. The molecule has 1 saturated carbocycles. The lowest BCUT2D eigenvalue weighted by molar-refractivity contribution is -0.136. The molecule has 0 heterocycles. The Morgan fingerprint density at radius 3 is 2.30 bits per heavy atom. The number of nitrogens with one attached hydrogen (secondary N) is 1. The first kappa shape index (κ1) is 17.7. The van der Waals surface area contributed by atoms with Gasteiger partial charge in [0.25, 0.3) is 0 Å². The van der Waals surface area contributed by atoms with Gasteiger partial charge >= 0.3 is 5.97 Å². The number of hydrogen-bond donors (Lipinski definition) is 2. The maximum Gasteiger partial charge on any atom is 0.304 e. The van der Waals surface area contributed by atoms with Crippen LogP contribution in [0.4, 0.5) is 0 Å². The van der Waals surface area contributed by atoms with Crippen LogP contribution in [0, 0.1) is 17.8 Å². The molecular weight excluding hydrogens is 294 g/mol. The topological polar surface area (TPSA) is 66.4 Å². The van der Waals surface area contributed by atoms with Gasteiger partial charge in [0.05, 0.1) is 6.42 Å². The van der Waals surface area contributed by atoms with E-state index in [4.69, 9.17) is 5.11 Å². The molecule has 0 aromatic rings. The summed E-state index contributed by atoms with van der Waals surface area (Å²) in [6.45, 7) is 5.12. The monoisotopic (exact) mass is 319 g/mol. The van der Waals surface area contributed by atoms with Crippen molar-refractivity contribution in [2.45, 2.75) is 39.5 Å². The zero-order chi connectivity index (χ0) is 15.0. The van der Waals surface area contributed by atoms with Gasteiger partial charge < -0.3 is 10.4 Å². The van der Waals surface area contributed by atoms with Gasteiger partial charge in [-0.2, -0.15) is 0 Å². The van der Waals surface area contributed by atoms with E-state index in [9.17, 15) is 9.59 Å². The molecule has 1 fully saturated rings. The van der Waals surface area contributed by atoms with E-state index in [1.165, 1.54) is 6.42 Å². The minimum absolute atomic E-state index is 0.179. The van der Waals surface area contributed by atoms with Gasteiger partial charge in [-0.15, -0.1) is 0 Å². The summed E-state index contributed by atoms with van der Waals surface area (Å²) in [4.78, 5) is 22.4. The third kappa shape index (κ3) is 7.43. The summed E-state index contributed by atoms with van der Waals surface area (Å²) >= 11 is 0. The molecule has 2 unspecified atom stereocenters. The summed E-state index contributed by atoms with van der Waals surface area (Å²) in [6, 6.07) is 0. The molecule has 0 aromatic heterocycles. The molecule has 0 saturated heterocycles. The van der Waals surface area contributed by atoms with E-state index >= 15 is 0 Å². The average Bonchev–Trinajstić information content (AvgIpc) is 2.35. The van der Waals surface area contributed by atoms with E-state index in [0.29, 0.717) is 24.1 Å². The summed E-state index contributed by atoms with van der Waals surface area (Å²) in [6.07, 6.45) is 3.45. The predicted molar refractivity (Wildman–Crippen MR) is 85.8 cm³/mol. The van der Waals surface area contributed by atoms with Crippen LogP contribution in [0.3, 0.4) is 0 Å². The van der Waals surface area contributed by atoms with Gasteiger partial charge in [-0.3, -0.25) is 9.59 Å². The fraction of sp³-hybridized carbons (Fsp3) is 0.857. The lowest BCUT2D eigenvalue weighted by atomic mass is 9.76. The zero-order valence-corrected chi connectivity index (χ0v) is 13.9. The molecule has 0 aromatic carbocycles. The minimum Gasteiger partial charge on any atom is -0.481 e. The van der Waals surface area contributed by atoms with Gasteiger partial charge in [0.1, 0.15) is 0 Å². The second-order valence-corrected chi connectivity index (χ2v) is 8.40. The van der Waals surface area contributed by atoms with E-state index in [1.54, 1.807) is 21.6 Å². The van der Waals surface area contributed by atoms with Crippen molar-refractivity contribution < 1.29 is 14.7 Å². The molecule has 0 spiro atoms. The number of rotatable bonds is 8. The number of amides is 1. The Labute approximate surface area is 129 Å². The predicted octanol–water partition coefficient (Wildman–Crippen LogP) is 3.03. The quantitative estimate of drug-likeness (QED) is 0.532. The third-order valence-electron chi connectivity index (χ3n) is 3.52. The molecule has 6 heteroatoms. The van der Waals surface area contributed by atoms with Crippen LogP contribution in [0.1, 0.15) is 39.5 Å². The molecule has 0 bridgehead atoms. The van der Waals surface area contributed by atoms with Gasteiger partial charge in [-0.1, -0.05) is 35.4 Å². The Morgan fingerprint density at radius 1 is 1.10 bits per heavy atom. The van der Waals surface area contributed by atoms with Gasteiger partial charge in [0.15, 0.2) is 0 Å². The maximum atomic E-state index is 12.1. The summed E-state index contributed by atoms with van der Waals surface area (Å²) in [7, 11) is 3.18. The number of hydrogen-bond acceptors (Lipinski definition) is 4. The highest BCUT2D eigenvalue weighted by Gasteiger charge is 2.28. The molecule has 2 N–H and O–H groups in total. The summed E-state index contributed by atoms with van der Waals surface area (Å²) in [5.74, 6) is 2.36. The highest BCUT2D eigenvalue weighted by Crippen LogP contribution is 2.32. The van der Waals surface area contributed by atoms with E-state index in [2.05, 4.69) is 19.2 Å².